The smallest absolute Gasteiger partial charge is 0.352 e. The van der Waals surface area contributed by atoms with Crippen LogP contribution in [-0.4, -0.2) is 139 Å². The van der Waals surface area contributed by atoms with Gasteiger partial charge in [-0.2, -0.15) is 0 Å². The number of fused-ring (bicyclic) bond motifs is 17. The first kappa shape index (κ1) is 60.5. The van der Waals surface area contributed by atoms with Crippen molar-refractivity contribution < 1.29 is 63.0 Å². The maximum absolute atomic E-state index is 14.6. The number of esters is 1. The third-order valence-corrected chi connectivity index (χ3v) is 17.8. The molecule has 0 radical (unpaired) electrons. The molecule has 6 aliphatic rings. The zero-order valence-electron chi connectivity index (χ0n) is 47.1. The van der Waals surface area contributed by atoms with E-state index in [9.17, 15) is 48.9 Å². The van der Waals surface area contributed by atoms with Crippen LogP contribution in [0, 0.1) is 47.3 Å². The zero-order valence-corrected chi connectivity index (χ0v) is 47.1. The van der Waals surface area contributed by atoms with Gasteiger partial charge in [0, 0.05) is 58.1 Å². The van der Waals surface area contributed by atoms with E-state index in [1.807, 2.05) is 32.9 Å². The van der Waals surface area contributed by atoms with E-state index in [1.54, 1.807) is 65.1 Å². The Labute approximate surface area is 457 Å². The number of hydrogen-bond donors (Lipinski definition) is 3. The number of carbonyl (C=O) groups is 5. The van der Waals surface area contributed by atoms with Crippen LogP contribution in [0.3, 0.4) is 0 Å². The first-order chi connectivity index (χ1) is 37.0. The molecule has 1 saturated carbocycles. The van der Waals surface area contributed by atoms with E-state index >= 15 is 0 Å². The second-order valence-electron chi connectivity index (χ2n) is 23.4. The number of aromatic nitrogens is 3. The van der Waals surface area contributed by atoms with Crippen LogP contribution in [0.1, 0.15) is 131 Å². The summed E-state index contributed by atoms with van der Waals surface area (Å²) in [6.07, 6.45) is 7.20. The van der Waals surface area contributed by atoms with Crippen LogP contribution < -0.4 is 11.4 Å². The van der Waals surface area contributed by atoms with Crippen molar-refractivity contribution >= 4 is 29.2 Å². The van der Waals surface area contributed by atoms with E-state index in [2.05, 4.69) is 0 Å². The highest BCUT2D eigenvalue weighted by Gasteiger charge is 2.53. The van der Waals surface area contributed by atoms with Gasteiger partial charge in [0.05, 0.1) is 48.3 Å². The summed E-state index contributed by atoms with van der Waals surface area (Å²) in [5.41, 5.74) is -0.725. The molecule has 16 unspecified atom stereocenters. The van der Waals surface area contributed by atoms with Crippen molar-refractivity contribution in [2.75, 3.05) is 21.3 Å². The number of ether oxygens (including phenoxy) is 5. The molecule has 2 fully saturated rings. The van der Waals surface area contributed by atoms with Crippen LogP contribution in [0.4, 0.5) is 0 Å². The van der Waals surface area contributed by atoms with Crippen molar-refractivity contribution in [2.45, 2.75) is 186 Å². The normalized spacial score (nSPS) is 37.5. The number of carbonyl (C=O) groups excluding carboxylic acids is 5. The minimum absolute atomic E-state index is 0.0641. The molecule has 0 spiro atoms. The molecular formula is C59H84N4O15. The molecule has 19 heteroatoms. The number of benzene rings is 1. The van der Waals surface area contributed by atoms with Gasteiger partial charge in [-0.15, -0.1) is 0 Å². The number of rotatable bonds is 7. The summed E-state index contributed by atoms with van der Waals surface area (Å²) in [7, 11) is 4.43. The van der Waals surface area contributed by atoms with Crippen LogP contribution >= 0.6 is 0 Å². The van der Waals surface area contributed by atoms with Gasteiger partial charge in [-0.05, 0) is 106 Å². The molecule has 8 rings (SSSR count). The highest BCUT2D eigenvalue weighted by atomic mass is 16.6. The fourth-order valence-corrected chi connectivity index (χ4v) is 12.8. The number of allylic oxidation sites excluding steroid dienone is 4. The lowest BCUT2D eigenvalue weighted by molar-refractivity contribution is -0.266. The van der Waals surface area contributed by atoms with Gasteiger partial charge in [-0.1, -0.05) is 91.0 Å². The Balaban J connectivity index is 1.23. The van der Waals surface area contributed by atoms with Crippen molar-refractivity contribution in [1.29, 1.82) is 0 Å². The van der Waals surface area contributed by atoms with E-state index in [0.29, 0.717) is 50.6 Å². The number of methoxy groups -OCH3 is 3. The number of aliphatic hydroxyl groups excluding tert-OH is 2. The summed E-state index contributed by atoms with van der Waals surface area (Å²) in [6, 6.07) is 5.89. The fraction of sp³-hybridized carbons (Fsp3) is 0.678. The molecule has 3 N–H and O–H groups in total. The molecule has 4 bridgehead atoms. The van der Waals surface area contributed by atoms with Crippen LogP contribution in [0.15, 0.2) is 76.5 Å². The van der Waals surface area contributed by atoms with Crippen molar-refractivity contribution in [1.82, 2.24) is 18.8 Å². The average Bonchev–Trinajstić information content (AvgIpc) is 3.85. The highest BCUT2D eigenvalue weighted by Crippen LogP contribution is 2.40. The Morgan fingerprint density at radius 1 is 0.718 bits per heavy atom. The number of para-hydroxylation sites is 1. The Morgan fingerprint density at radius 3 is 2.08 bits per heavy atom. The second-order valence-corrected chi connectivity index (χ2v) is 23.4. The molecule has 430 valence electrons. The summed E-state index contributed by atoms with van der Waals surface area (Å²) in [5, 5.41) is 34.6. The third-order valence-electron chi connectivity index (χ3n) is 17.8. The van der Waals surface area contributed by atoms with Crippen molar-refractivity contribution in [3.05, 3.63) is 87.9 Å². The number of hydrogen-bond acceptors (Lipinski definition) is 15. The van der Waals surface area contributed by atoms with Crippen molar-refractivity contribution in [2.24, 2.45) is 47.3 Å². The minimum Gasteiger partial charge on any atom is -0.460 e. The fourth-order valence-electron chi connectivity index (χ4n) is 12.8. The lowest BCUT2D eigenvalue weighted by Gasteiger charge is -2.42. The topological polar surface area (TPSA) is 244 Å². The first-order valence-electron chi connectivity index (χ1n) is 28.1. The monoisotopic (exact) mass is 1090 g/mol. The number of nitrogens with zero attached hydrogens (tertiary/aromatic N) is 4. The van der Waals surface area contributed by atoms with Gasteiger partial charge in [0.2, 0.25) is 5.79 Å². The van der Waals surface area contributed by atoms with E-state index in [-0.39, 0.29) is 61.1 Å². The van der Waals surface area contributed by atoms with Crippen LogP contribution in [0.25, 0.3) is 5.69 Å². The molecule has 1 saturated heterocycles. The van der Waals surface area contributed by atoms with Crippen molar-refractivity contribution in [3.63, 3.8) is 0 Å². The van der Waals surface area contributed by atoms with E-state index in [4.69, 9.17) is 23.7 Å². The standard InChI is InChI=1S/C59H84N4O15/c1-33-26-37(5)51(66)53(76-10)52(67)38(6)27-34(2)47(65)32-49(35(3)28-40-20-24-46(64)50(30-40)75-9)77-56(70)45-18-14-15-25-60(45)55(69)54(68)59(73)39(7)19-22-43(78-59)31-48(74-8)36(4)29-42-21-23-44(33)63-58(72)61(57(71)62(42)63)41-16-12-11-13-17-41/h11-18,21,23,25,33-40,42-46,48-50,52-53,64,67,73H,19-20,22,24,26-32H2,1-10H3/t33?,34?,35?,36?,37?,38?,39?,40-,42?,43?,44?,45?,46+,48?,49?,50+,52?,53?,59?/m0/s1. The van der Waals surface area contributed by atoms with E-state index in [0.717, 1.165) is 9.47 Å². The molecule has 19 nitrogen and oxygen atoms in total. The Hall–Kier alpha value is -5.15. The highest BCUT2D eigenvalue weighted by molar-refractivity contribution is 6.39. The van der Waals surface area contributed by atoms with Gasteiger partial charge < -0.3 is 39.0 Å². The van der Waals surface area contributed by atoms with Gasteiger partial charge in [0.15, 0.2) is 11.8 Å². The van der Waals surface area contributed by atoms with Crippen LogP contribution in [-0.2, 0) is 47.7 Å². The Bertz CT molecular complexity index is 2660. The predicted molar refractivity (Wildman–Crippen MR) is 288 cm³/mol. The predicted octanol–water partition coefficient (Wildman–Crippen LogP) is 5.59. The summed E-state index contributed by atoms with van der Waals surface area (Å²) in [6.45, 7) is 12.5. The lowest BCUT2D eigenvalue weighted by atomic mass is 9.78. The number of Topliss-reactive ketones (excluding diaryl/α,β-unsaturated/α-hetero) is 3. The molecule has 78 heavy (non-hydrogen) atoms. The largest absolute Gasteiger partial charge is 0.460 e. The molecule has 2 aromatic rings. The quantitative estimate of drug-likeness (QED) is 0.174. The van der Waals surface area contributed by atoms with Gasteiger partial charge in [0.1, 0.15) is 18.0 Å². The number of amides is 1. The Kier molecular flexibility index (Phi) is 20.1. The number of ketones is 3. The zero-order chi connectivity index (χ0) is 56.9. The molecular weight excluding hydrogens is 1000 g/mol. The second kappa shape index (κ2) is 26.0. The molecule has 5 aliphatic heterocycles. The molecule has 1 aromatic carbocycles. The molecule has 19 atom stereocenters. The number of aliphatic hydroxyl groups is 3. The lowest BCUT2D eigenvalue weighted by Crippen LogP contribution is -2.59. The van der Waals surface area contributed by atoms with E-state index in [1.165, 1.54) is 48.0 Å². The maximum Gasteiger partial charge on any atom is 0.352 e. The van der Waals surface area contributed by atoms with Gasteiger partial charge >= 0.3 is 23.3 Å². The summed E-state index contributed by atoms with van der Waals surface area (Å²) in [4.78, 5) is 102. The third kappa shape index (κ3) is 12.9. The SMILES string of the molecule is COC1CC2CCC(C)C(O)(O2)C(=O)C(=O)N2C=CC=CC2C(=O)OC(C(C)C[C@@H]2CC[C@@H](O)[C@H](OC)C2)CC(=O)C(C)CC(C)C(O)C(OC)C(=O)C(C)CC(C)C2C=CC(CC1C)n1c(=O)n(-c3ccccc3)c(=O)n12. The molecule has 1 aliphatic carbocycles. The van der Waals surface area contributed by atoms with Gasteiger partial charge in [-0.3, -0.25) is 24.1 Å². The van der Waals surface area contributed by atoms with Gasteiger partial charge in [-0.25, -0.2) is 28.3 Å². The summed E-state index contributed by atoms with van der Waals surface area (Å²) >= 11 is 0. The minimum atomic E-state index is -2.59. The summed E-state index contributed by atoms with van der Waals surface area (Å²) in [5.74, 6) is -10.5. The molecule has 1 aromatic heterocycles. The molecule has 1 amide bonds. The Morgan fingerprint density at radius 2 is 1.40 bits per heavy atom. The van der Waals surface area contributed by atoms with Crippen LogP contribution in [0.5, 0.6) is 0 Å². The average molecular weight is 1090 g/mol. The van der Waals surface area contributed by atoms with Crippen molar-refractivity contribution in [3.8, 4) is 5.69 Å². The van der Waals surface area contributed by atoms with Gasteiger partial charge in [0.25, 0.3) is 5.78 Å². The maximum atomic E-state index is 14.6. The summed E-state index contributed by atoms with van der Waals surface area (Å²) < 4.78 is 33.9. The molecule has 6 heterocycles. The van der Waals surface area contributed by atoms with E-state index < -0.39 is 119 Å². The first-order valence-corrected chi connectivity index (χ1v) is 28.1. The van der Waals surface area contributed by atoms with Crippen LogP contribution in [0.2, 0.25) is 0 Å².